The number of rotatable bonds is 16. The molecule has 0 radical (unpaired) electrons. The Morgan fingerprint density at radius 2 is 1.00 bits per heavy atom. The number of hydrogen-bond acceptors (Lipinski definition) is 2. The van der Waals surface area contributed by atoms with E-state index in [1.807, 2.05) is 0 Å². The lowest BCUT2D eigenvalue weighted by Gasteiger charge is -2.10. The molecule has 0 fully saturated rings. The van der Waals surface area contributed by atoms with E-state index in [2.05, 4.69) is 6.92 Å². The second-order valence-electron chi connectivity index (χ2n) is 6.20. The van der Waals surface area contributed by atoms with Crippen molar-refractivity contribution >= 4 is 0 Å². The van der Waals surface area contributed by atoms with E-state index in [9.17, 15) is 5.11 Å². The van der Waals surface area contributed by atoms with Gasteiger partial charge in [-0.1, -0.05) is 84.0 Å². The first-order valence-corrected chi connectivity index (χ1v) is 9.10. The van der Waals surface area contributed by atoms with Crippen LogP contribution in [0.2, 0.25) is 0 Å². The van der Waals surface area contributed by atoms with Crippen LogP contribution in [0.4, 0.5) is 0 Å². The van der Waals surface area contributed by atoms with Crippen molar-refractivity contribution in [3.05, 3.63) is 0 Å². The van der Waals surface area contributed by atoms with Crippen molar-refractivity contribution in [2.24, 2.45) is 0 Å². The third kappa shape index (κ3) is 16.0. The Kier molecular flexibility index (Phi) is 16.9. The molecular weight excluding hydrogens is 248 g/mol. The average Bonchev–Trinajstić information content (AvgIpc) is 2.45. The van der Waals surface area contributed by atoms with Crippen LogP contribution in [0.1, 0.15) is 103 Å². The zero-order valence-corrected chi connectivity index (χ0v) is 13.8. The summed E-state index contributed by atoms with van der Waals surface area (Å²) in [5, 5.41) is 18.6. The van der Waals surface area contributed by atoms with Crippen molar-refractivity contribution in [2.45, 2.75) is 109 Å². The zero-order valence-electron chi connectivity index (χ0n) is 13.8. The lowest BCUT2D eigenvalue weighted by molar-refractivity contribution is 0.147. The summed E-state index contributed by atoms with van der Waals surface area (Å²) in [6.45, 7) is 2.58. The van der Waals surface area contributed by atoms with E-state index < -0.39 is 0 Å². The molecule has 2 nitrogen and oxygen atoms in total. The molecule has 2 heteroatoms. The molecule has 2 N–H and O–H groups in total. The summed E-state index contributed by atoms with van der Waals surface area (Å²) in [6, 6.07) is 0. The maximum Gasteiger partial charge on any atom is 0.0540 e. The topological polar surface area (TPSA) is 40.5 Å². The van der Waals surface area contributed by atoms with Crippen LogP contribution in [0.25, 0.3) is 0 Å². The number of aliphatic hydroxyl groups is 2. The minimum atomic E-state index is -0.0666. The van der Waals surface area contributed by atoms with Gasteiger partial charge in [-0.25, -0.2) is 0 Å². The second-order valence-corrected chi connectivity index (χ2v) is 6.20. The lowest BCUT2D eigenvalue weighted by Crippen LogP contribution is -2.05. The predicted molar refractivity (Wildman–Crippen MR) is 88.0 cm³/mol. The van der Waals surface area contributed by atoms with Gasteiger partial charge in [-0.2, -0.15) is 0 Å². The van der Waals surface area contributed by atoms with E-state index in [0.717, 1.165) is 32.1 Å². The first kappa shape index (κ1) is 19.9. The second kappa shape index (κ2) is 17.0. The Morgan fingerprint density at radius 3 is 1.45 bits per heavy atom. The predicted octanol–water partition coefficient (Wildman–Crippen LogP) is 5.21. The summed E-state index contributed by atoms with van der Waals surface area (Å²) in [6.07, 6.45) is 18.2. The van der Waals surface area contributed by atoms with Gasteiger partial charge < -0.3 is 10.2 Å². The van der Waals surface area contributed by atoms with Crippen molar-refractivity contribution in [1.29, 1.82) is 0 Å². The molecule has 20 heavy (non-hydrogen) atoms. The fraction of sp³-hybridized carbons (Fsp3) is 1.00. The Morgan fingerprint density at radius 1 is 0.600 bits per heavy atom. The van der Waals surface area contributed by atoms with Crippen molar-refractivity contribution in [2.75, 3.05) is 6.61 Å². The normalized spacial score (nSPS) is 12.8. The Balaban J connectivity index is 3.11. The van der Waals surface area contributed by atoms with Crippen LogP contribution in [0, 0.1) is 0 Å². The molecule has 122 valence electrons. The summed E-state index contributed by atoms with van der Waals surface area (Å²) in [7, 11) is 0. The number of aliphatic hydroxyl groups excluding tert-OH is 2. The summed E-state index contributed by atoms with van der Waals surface area (Å²) in [5.41, 5.74) is 0. The molecule has 0 saturated carbocycles. The standard InChI is InChI=1S/C18H38O2/c1-2-3-4-5-6-9-12-15-18(20)16-13-10-7-8-11-14-17-19/h18-20H,2-17H2,1H3/t18-/m1/s1. The van der Waals surface area contributed by atoms with Crippen molar-refractivity contribution in [3.63, 3.8) is 0 Å². The van der Waals surface area contributed by atoms with Crippen LogP contribution >= 0.6 is 0 Å². The first-order chi connectivity index (χ1) is 9.81. The van der Waals surface area contributed by atoms with Crippen molar-refractivity contribution < 1.29 is 10.2 Å². The average molecular weight is 286 g/mol. The van der Waals surface area contributed by atoms with Gasteiger partial charge in [-0.3, -0.25) is 0 Å². The van der Waals surface area contributed by atoms with Gasteiger partial charge in [0.15, 0.2) is 0 Å². The number of hydrogen-bond donors (Lipinski definition) is 2. The van der Waals surface area contributed by atoms with Gasteiger partial charge in [-0.15, -0.1) is 0 Å². The van der Waals surface area contributed by atoms with Crippen LogP contribution in [0.5, 0.6) is 0 Å². The molecule has 0 aliphatic heterocycles. The maximum atomic E-state index is 9.90. The van der Waals surface area contributed by atoms with E-state index in [1.54, 1.807) is 0 Å². The van der Waals surface area contributed by atoms with E-state index >= 15 is 0 Å². The van der Waals surface area contributed by atoms with Gasteiger partial charge >= 0.3 is 0 Å². The fourth-order valence-electron chi connectivity index (χ4n) is 2.68. The molecule has 0 heterocycles. The summed E-state index contributed by atoms with van der Waals surface area (Å²) in [4.78, 5) is 0. The molecule has 0 aliphatic carbocycles. The van der Waals surface area contributed by atoms with Gasteiger partial charge in [-0.05, 0) is 19.3 Å². The summed E-state index contributed by atoms with van der Waals surface area (Å²) < 4.78 is 0. The zero-order chi connectivity index (χ0) is 14.9. The molecule has 0 aliphatic rings. The van der Waals surface area contributed by atoms with E-state index in [4.69, 9.17) is 5.11 Å². The molecular formula is C18H38O2. The highest BCUT2D eigenvalue weighted by atomic mass is 16.3. The van der Waals surface area contributed by atoms with Gasteiger partial charge in [0.05, 0.1) is 6.10 Å². The van der Waals surface area contributed by atoms with Gasteiger partial charge in [0.1, 0.15) is 0 Å². The molecule has 0 aromatic carbocycles. The van der Waals surface area contributed by atoms with Gasteiger partial charge in [0.2, 0.25) is 0 Å². The van der Waals surface area contributed by atoms with Gasteiger partial charge in [0.25, 0.3) is 0 Å². The SMILES string of the molecule is CCCCCCCCC[C@@H](O)CCCCCCCCO. The molecule has 0 spiro atoms. The number of unbranched alkanes of at least 4 members (excludes halogenated alkanes) is 11. The maximum absolute atomic E-state index is 9.90. The molecule has 0 amide bonds. The van der Waals surface area contributed by atoms with Crippen LogP contribution < -0.4 is 0 Å². The molecule has 0 aromatic heterocycles. The van der Waals surface area contributed by atoms with E-state index in [1.165, 1.54) is 64.2 Å². The minimum absolute atomic E-state index is 0.0666. The first-order valence-electron chi connectivity index (χ1n) is 9.10. The third-order valence-corrected chi connectivity index (χ3v) is 4.09. The third-order valence-electron chi connectivity index (χ3n) is 4.09. The van der Waals surface area contributed by atoms with E-state index in [0.29, 0.717) is 6.61 Å². The Bertz CT molecular complexity index is 153. The molecule has 0 unspecified atom stereocenters. The van der Waals surface area contributed by atoms with Crippen LogP contribution in [0.15, 0.2) is 0 Å². The Hall–Kier alpha value is -0.0800. The highest BCUT2D eigenvalue weighted by Gasteiger charge is 2.03. The van der Waals surface area contributed by atoms with Crippen LogP contribution in [-0.4, -0.2) is 22.9 Å². The smallest absolute Gasteiger partial charge is 0.0540 e. The summed E-state index contributed by atoms with van der Waals surface area (Å²) >= 11 is 0. The molecule has 0 rings (SSSR count). The molecule has 1 atom stereocenters. The highest BCUT2D eigenvalue weighted by Crippen LogP contribution is 2.14. The van der Waals surface area contributed by atoms with E-state index in [-0.39, 0.29) is 6.10 Å². The van der Waals surface area contributed by atoms with Crippen LogP contribution in [0.3, 0.4) is 0 Å². The summed E-state index contributed by atoms with van der Waals surface area (Å²) in [5.74, 6) is 0. The van der Waals surface area contributed by atoms with Gasteiger partial charge in [0, 0.05) is 6.61 Å². The largest absolute Gasteiger partial charge is 0.396 e. The van der Waals surface area contributed by atoms with Crippen molar-refractivity contribution in [1.82, 2.24) is 0 Å². The molecule has 0 aromatic rings. The molecule has 0 saturated heterocycles. The van der Waals surface area contributed by atoms with Crippen molar-refractivity contribution in [3.8, 4) is 0 Å². The van der Waals surface area contributed by atoms with Crippen LogP contribution in [-0.2, 0) is 0 Å². The minimum Gasteiger partial charge on any atom is -0.396 e. The molecule has 0 bridgehead atoms. The monoisotopic (exact) mass is 286 g/mol. The fourth-order valence-corrected chi connectivity index (χ4v) is 2.68. The quantitative estimate of drug-likeness (QED) is 0.382. The Labute approximate surface area is 127 Å². The highest BCUT2D eigenvalue weighted by molar-refractivity contribution is 4.57. The lowest BCUT2D eigenvalue weighted by atomic mass is 10.0.